The van der Waals surface area contributed by atoms with Crippen molar-refractivity contribution in [3.63, 3.8) is 0 Å². The van der Waals surface area contributed by atoms with E-state index in [4.69, 9.17) is 4.74 Å². The minimum atomic E-state index is -0.816. The molecule has 1 amide bonds. The lowest BCUT2D eigenvalue weighted by atomic mass is 9.86. The molecule has 0 spiro atoms. The number of carbonyl (C=O) groups excluding carboxylic acids is 1. The van der Waals surface area contributed by atoms with Crippen LogP contribution in [-0.2, 0) is 14.3 Å². The third-order valence-electron chi connectivity index (χ3n) is 5.44. The van der Waals surface area contributed by atoms with Gasteiger partial charge in [0.15, 0.2) is 0 Å². The Morgan fingerprint density at radius 2 is 2.12 bits per heavy atom. The van der Waals surface area contributed by atoms with Crippen molar-refractivity contribution < 1.29 is 19.4 Å². The van der Waals surface area contributed by atoms with Crippen LogP contribution in [0.4, 0.5) is 0 Å². The van der Waals surface area contributed by atoms with Crippen LogP contribution in [0.3, 0.4) is 0 Å². The van der Waals surface area contributed by atoms with Crippen LogP contribution in [0.1, 0.15) is 57.9 Å². The van der Waals surface area contributed by atoms with Gasteiger partial charge in [-0.15, -0.1) is 0 Å². The number of nitrogens with zero attached hydrogens (tertiary/aromatic N) is 3. The molecule has 26 heavy (non-hydrogen) atoms. The number of hydrogen-bond donors (Lipinski definition) is 1. The van der Waals surface area contributed by atoms with E-state index in [1.54, 1.807) is 11.1 Å². The Kier molecular flexibility index (Phi) is 5.65. The van der Waals surface area contributed by atoms with Crippen LogP contribution in [0.25, 0.3) is 0 Å². The van der Waals surface area contributed by atoms with E-state index in [2.05, 4.69) is 18.9 Å². The molecule has 0 aliphatic carbocycles. The van der Waals surface area contributed by atoms with Crippen LogP contribution in [0.2, 0.25) is 0 Å². The highest BCUT2D eigenvalue weighted by Gasteiger charge is 2.40. The maximum atomic E-state index is 13.3. The van der Waals surface area contributed by atoms with Gasteiger partial charge in [-0.25, -0.2) is 0 Å². The number of aromatic nitrogens is 2. The molecule has 0 bridgehead atoms. The van der Waals surface area contributed by atoms with Crippen molar-refractivity contribution in [2.45, 2.75) is 52.2 Å². The summed E-state index contributed by atoms with van der Waals surface area (Å²) < 4.78 is 7.93. The summed E-state index contributed by atoms with van der Waals surface area (Å²) in [6.45, 7) is 7.67. The zero-order chi connectivity index (χ0) is 18.8. The Bertz CT molecular complexity index is 657. The Hall–Kier alpha value is -1.89. The normalized spacial score (nSPS) is 29.8. The first-order valence-corrected chi connectivity index (χ1v) is 9.55. The van der Waals surface area contributed by atoms with Crippen LogP contribution >= 0.6 is 0 Å². The van der Waals surface area contributed by atoms with Gasteiger partial charge in [0.1, 0.15) is 6.10 Å². The van der Waals surface area contributed by atoms with Gasteiger partial charge in [-0.3, -0.25) is 14.3 Å². The van der Waals surface area contributed by atoms with Crippen LogP contribution in [0, 0.1) is 17.8 Å². The fraction of sp³-hybridized carbons (Fsp3) is 0.737. The number of carbonyl (C=O) groups is 2. The van der Waals surface area contributed by atoms with Gasteiger partial charge in [0.2, 0.25) is 5.91 Å². The average molecular weight is 363 g/mol. The van der Waals surface area contributed by atoms with Gasteiger partial charge in [-0.05, 0) is 45.1 Å². The highest BCUT2D eigenvalue weighted by Crippen LogP contribution is 2.36. The molecule has 2 saturated heterocycles. The zero-order valence-electron chi connectivity index (χ0n) is 15.8. The second kappa shape index (κ2) is 7.78. The summed E-state index contributed by atoms with van der Waals surface area (Å²) in [4.78, 5) is 26.5. The van der Waals surface area contributed by atoms with Crippen molar-refractivity contribution in [2.24, 2.45) is 17.8 Å². The van der Waals surface area contributed by atoms with E-state index in [9.17, 15) is 14.7 Å². The number of likely N-dealkylation sites (tertiary alicyclic amines) is 1. The Morgan fingerprint density at radius 1 is 1.35 bits per heavy atom. The van der Waals surface area contributed by atoms with Crippen molar-refractivity contribution in [3.05, 3.63) is 18.0 Å². The predicted octanol–water partition coefficient (Wildman–Crippen LogP) is 2.50. The number of ether oxygens (including phenoxy) is 1. The molecule has 7 nitrogen and oxygen atoms in total. The van der Waals surface area contributed by atoms with E-state index >= 15 is 0 Å². The molecular weight excluding hydrogens is 334 g/mol. The minimum Gasteiger partial charge on any atom is -0.481 e. The van der Waals surface area contributed by atoms with E-state index < -0.39 is 11.9 Å². The van der Waals surface area contributed by atoms with Crippen LogP contribution in [-0.4, -0.2) is 51.4 Å². The minimum absolute atomic E-state index is 0.0176. The molecule has 0 saturated carbocycles. The first-order valence-electron chi connectivity index (χ1n) is 9.55. The first-order chi connectivity index (χ1) is 12.4. The maximum Gasteiger partial charge on any atom is 0.308 e. The van der Waals surface area contributed by atoms with Gasteiger partial charge >= 0.3 is 5.97 Å². The molecule has 0 aromatic carbocycles. The van der Waals surface area contributed by atoms with Crippen molar-refractivity contribution >= 4 is 11.9 Å². The van der Waals surface area contributed by atoms with Crippen molar-refractivity contribution in [3.8, 4) is 0 Å². The molecule has 1 aromatic rings. The maximum absolute atomic E-state index is 13.3. The Morgan fingerprint density at radius 3 is 2.81 bits per heavy atom. The Balaban J connectivity index is 1.82. The fourth-order valence-corrected chi connectivity index (χ4v) is 4.25. The van der Waals surface area contributed by atoms with Crippen molar-refractivity contribution in [1.29, 1.82) is 0 Å². The molecule has 1 N–H and O–H groups in total. The molecule has 7 heteroatoms. The highest BCUT2D eigenvalue weighted by molar-refractivity contribution is 5.81. The molecule has 3 heterocycles. The topological polar surface area (TPSA) is 84.7 Å². The average Bonchev–Trinajstić information content (AvgIpc) is 3.10. The molecule has 1 aromatic heterocycles. The lowest BCUT2D eigenvalue weighted by Crippen LogP contribution is -2.49. The largest absolute Gasteiger partial charge is 0.481 e. The summed E-state index contributed by atoms with van der Waals surface area (Å²) in [5, 5.41) is 13.8. The highest BCUT2D eigenvalue weighted by atomic mass is 16.5. The molecule has 2 fully saturated rings. The number of amides is 1. The number of piperidine rings is 1. The summed E-state index contributed by atoms with van der Waals surface area (Å²) in [6, 6.07) is 2.11. The smallest absolute Gasteiger partial charge is 0.308 e. The zero-order valence-corrected chi connectivity index (χ0v) is 15.8. The fourth-order valence-electron chi connectivity index (χ4n) is 4.25. The van der Waals surface area contributed by atoms with Gasteiger partial charge in [0.05, 0.1) is 17.5 Å². The van der Waals surface area contributed by atoms with E-state index in [1.165, 1.54) is 0 Å². The van der Waals surface area contributed by atoms with Crippen LogP contribution in [0.5, 0.6) is 0 Å². The number of hydrogen-bond acceptors (Lipinski definition) is 4. The summed E-state index contributed by atoms with van der Waals surface area (Å²) in [7, 11) is 0. The van der Waals surface area contributed by atoms with E-state index in [1.807, 2.05) is 17.7 Å². The quantitative estimate of drug-likeness (QED) is 0.888. The van der Waals surface area contributed by atoms with Gasteiger partial charge in [0.25, 0.3) is 0 Å². The molecule has 3 rings (SSSR count). The summed E-state index contributed by atoms with van der Waals surface area (Å²) in [6.07, 6.45) is 3.66. The van der Waals surface area contributed by atoms with E-state index in [-0.39, 0.29) is 29.9 Å². The van der Waals surface area contributed by atoms with Crippen LogP contribution in [0.15, 0.2) is 12.3 Å². The molecule has 2 aliphatic heterocycles. The lowest BCUT2D eigenvalue weighted by molar-refractivity contribution is -0.153. The number of carboxylic acids is 1. The van der Waals surface area contributed by atoms with E-state index in [0.717, 1.165) is 18.5 Å². The lowest BCUT2D eigenvalue weighted by Gasteiger charge is -2.39. The molecule has 4 atom stereocenters. The summed E-state index contributed by atoms with van der Waals surface area (Å²) in [5.41, 5.74) is 0.929. The van der Waals surface area contributed by atoms with E-state index in [0.29, 0.717) is 26.1 Å². The van der Waals surface area contributed by atoms with Crippen molar-refractivity contribution in [2.75, 3.05) is 19.7 Å². The molecule has 2 aliphatic rings. The summed E-state index contributed by atoms with van der Waals surface area (Å²) >= 11 is 0. The SMILES string of the molecule is CC1CC(C(=O)O)CN(C(=O)[C@@H]2CCCO[C@H]2c2ccnn2C(C)C)C1. The molecule has 0 radical (unpaired) electrons. The predicted molar refractivity (Wildman–Crippen MR) is 95.5 cm³/mol. The van der Waals surface area contributed by atoms with Gasteiger partial charge in [0, 0.05) is 31.9 Å². The third kappa shape index (κ3) is 3.77. The molecular formula is C19H29N3O4. The molecule has 2 unspecified atom stereocenters. The number of rotatable bonds is 4. The van der Waals surface area contributed by atoms with Crippen LogP contribution < -0.4 is 0 Å². The Labute approximate surface area is 154 Å². The van der Waals surface area contributed by atoms with Gasteiger partial charge < -0.3 is 14.7 Å². The van der Waals surface area contributed by atoms with Gasteiger partial charge in [-0.2, -0.15) is 5.10 Å². The standard InChI is InChI=1S/C19H29N3O4/c1-12(2)22-16(6-7-20-22)17-15(5-4-8-26-17)18(23)21-10-13(3)9-14(11-21)19(24)25/h6-7,12-15,17H,4-5,8-11H2,1-3H3,(H,24,25)/t13?,14?,15-,17-/m1/s1. The summed E-state index contributed by atoms with van der Waals surface area (Å²) in [5.74, 6) is -1.37. The third-order valence-corrected chi connectivity index (χ3v) is 5.44. The number of aliphatic carboxylic acids is 1. The van der Waals surface area contributed by atoms with Crippen molar-refractivity contribution in [1.82, 2.24) is 14.7 Å². The number of carboxylic acid groups (broad SMARTS) is 1. The monoisotopic (exact) mass is 363 g/mol. The second-order valence-corrected chi connectivity index (χ2v) is 7.95. The first kappa shape index (κ1) is 18.9. The molecule has 144 valence electrons. The van der Waals surface area contributed by atoms with Gasteiger partial charge in [-0.1, -0.05) is 6.92 Å². The second-order valence-electron chi connectivity index (χ2n) is 7.95.